The van der Waals surface area contributed by atoms with E-state index in [0.717, 1.165) is 22.7 Å². The Balaban J connectivity index is 1.84. The number of hydrogen-bond acceptors (Lipinski definition) is 3. The quantitative estimate of drug-likeness (QED) is 0.667. The van der Waals surface area contributed by atoms with E-state index in [1.54, 1.807) is 0 Å². The van der Waals surface area contributed by atoms with Crippen molar-refractivity contribution < 1.29 is 9.47 Å². The first kappa shape index (κ1) is 14.3. The molecule has 2 N–H and O–H groups in total. The van der Waals surface area contributed by atoms with Gasteiger partial charge in [0.05, 0.1) is 0 Å². The highest BCUT2D eigenvalue weighted by Gasteiger charge is 2.03. The molecule has 3 heteroatoms. The average Bonchev–Trinajstić information content (AvgIpc) is 2.42. The number of nitrogens with two attached hydrogens (primary N) is 1. The topological polar surface area (TPSA) is 44.5 Å². The molecule has 0 amide bonds. The summed E-state index contributed by atoms with van der Waals surface area (Å²) in [5.74, 6) is 1.73. The second-order valence-electron chi connectivity index (χ2n) is 4.97. The van der Waals surface area contributed by atoms with Gasteiger partial charge in [-0.1, -0.05) is 6.07 Å². The van der Waals surface area contributed by atoms with E-state index in [9.17, 15) is 0 Å². The lowest BCUT2D eigenvalue weighted by atomic mass is 10.1. The molecule has 20 heavy (non-hydrogen) atoms. The van der Waals surface area contributed by atoms with Crippen LogP contribution in [0.3, 0.4) is 0 Å². The van der Waals surface area contributed by atoms with E-state index < -0.39 is 0 Å². The summed E-state index contributed by atoms with van der Waals surface area (Å²) in [5.41, 5.74) is 10.0. The van der Waals surface area contributed by atoms with Crippen molar-refractivity contribution in [3.8, 4) is 11.5 Å². The van der Waals surface area contributed by atoms with Gasteiger partial charge in [-0.25, -0.2) is 0 Å². The summed E-state index contributed by atoms with van der Waals surface area (Å²) in [6, 6.07) is 11.6. The van der Waals surface area contributed by atoms with Crippen LogP contribution in [-0.4, -0.2) is 13.2 Å². The van der Waals surface area contributed by atoms with Crippen LogP contribution in [0, 0.1) is 20.8 Å². The van der Waals surface area contributed by atoms with Gasteiger partial charge in [0.25, 0.3) is 0 Å². The van der Waals surface area contributed by atoms with Gasteiger partial charge in [-0.2, -0.15) is 0 Å². The van der Waals surface area contributed by atoms with Gasteiger partial charge in [0.1, 0.15) is 24.7 Å². The molecular formula is C17H21NO2. The molecule has 2 aromatic rings. The van der Waals surface area contributed by atoms with Gasteiger partial charge in [0.15, 0.2) is 0 Å². The molecule has 0 saturated heterocycles. The molecule has 0 aliphatic rings. The Morgan fingerprint density at radius 1 is 0.800 bits per heavy atom. The maximum Gasteiger partial charge on any atom is 0.122 e. The minimum atomic E-state index is 0.510. The summed E-state index contributed by atoms with van der Waals surface area (Å²) in [6.45, 7) is 7.29. The first-order valence-corrected chi connectivity index (χ1v) is 6.75. The Bertz CT molecular complexity index is 576. The molecule has 3 nitrogen and oxygen atoms in total. The molecule has 0 heterocycles. The van der Waals surface area contributed by atoms with Crippen LogP contribution < -0.4 is 15.2 Å². The van der Waals surface area contributed by atoms with E-state index in [1.807, 2.05) is 24.3 Å². The van der Waals surface area contributed by atoms with Crippen molar-refractivity contribution in [2.75, 3.05) is 18.9 Å². The highest BCUT2D eigenvalue weighted by Crippen LogP contribution is 2.22. The molecule has 0 spiro atoms. The minimum absolute atomic E-state index is 0.510. The highest BCUT2D eigenvalue weighted by atomic mass is 16.5. The monoisotopic (exact) mass is 271 g/mol. The summed E-state index contributed by atoms with van der Waals surface area (Å²) in [6.07, 6.45) is 0. The Morgan fingerprint density at radius 2 is 1.40 bits per heavy atom. The van der Waals surface area contributed by atoms with E-state index in [0.29, 0.717) is 13.2 Å². The smallest absolute Gasteiger partial charge is 0.122 e. The molecule has 0 aliphatic carbocycles. The van der Waals surface area contributed by atoms with Crippen LogP contribution in [0.4, 0.5) is 5.69 Å². The Morgan fingerprint density at radius 3 is 2.10 bits per heavy atom. The number of aryl methyl sites for hydroxylation is 3. The fourth-order valence-electron chi connectivity index (χ4n) is 1.96. The lowest BCUT2D eigenvalue weighted by Gasteiger charge is -2.12. The second-order valence-corrected chi connectivity index (χ2v) is 4.97. The molecule has 0 unspecified atom stereocenters. The summed E-state index contributed by atoms with van der Waals surface area (Å²) in [7, 11) is 0. The maximum absolute atomic E-state index is 5.77. The molecule has 0 aliphatic heterocycles. The largest absolute Gasteiger partial charge is 0.490 e. The molecule has 0 saturated carbocycles. The van der Waals surface area contributed by atoms with Crippen LogP contribution >= 0.6 is 0 Å². The van der Waals surface area contributed by atoms with Crippen LogP contribution in [-0.2, 0) is 0 Å². The highest BCUT2D eigenvalue weighted by molar-refractivity contribution is 5.42. The van der Waals surface area contributed by atoms with Gasteiger partial charge in [-0.15, -0.1) is 0 Å². The zero-order chi connectivity index (χ0) is 14.5. The number of hydrogen-bond donors (Lipinski definition) is 1. The number of rotatable bonds is 5. The fraction of sp³-hybridized carbons (Fsp3) is 0.294. The molecule has 0 aromatic heterocycles. The van der Waals surface area contributed by atoms with Gasteiger partial charge in [-0.05, 0) is 67.8 Å². The summed E-state index contributed by atoms with van der Waals surface area (Å²) in [4.78, 5) is 0. The molecular weight excluding hydrogens is 250 g/mol. The Hall–Kier alpha value is -2.16. The van der Waals surface area contributed by atoms with Crippen molar-refractivity contribution in [2.45, 2.75) is 20.8 Å². The van der Waals surface area contributed by atoms with E-state index in [4.69, 9.17) is 15.2 Å². The number of ether oxygens (including phenoxy) is 2. The van der Waals surface area contributed by atoms with Crippen LogP contribution in [0.5, 0.6) is 11.5 Å². The number of benzene rings is 2. The van der Waals surface area contributed by atoms with Crippen molar-refractivity contribution in [1.82, 2.24) is 0 Å². The number of anilines is 1. The van der Waals surface area contributed by atoms with E-state index in [2.05, 4.69) is 32.9 Å². The lowest BCUT2D eigenvalue weighted by Crippen LogP contribution is -2.09. The third-order valence-electron chi connectivity index (χ3n) is 3.28. The zero-order valence-corrected chi connectivity index (χ0v) is 12.3. The maximum atomic E-state index is 5.77. The van der Waals surface area contributed by atoms with Crippen molar-refractivity contribution in [3.05, 3.63) is 53.1 Å². The summed E-state index contributed by atoms with van der Waals surface area (Å²) in [5, 5.41) is 0. The standard InChI is InChI=1S/C17H21NO2/c1-12-10-14(3)17(11-13(12)2)20-9-8-19-16-6-4-15(18)5-7-16/h4-7,10-11H,8-9,18H2,1-3H3. The number of nitrogen functional groups attached to an aromatic ring is 1. The zero-order valence-electron chi connectivity index (χ0n) is 12.3. The minimum Gasteiger partial charge on any atom is -0.490 e. The Labute approximate surface area is 120 Å². The average molecular weight is 271 g/mol. The predicted molar refractivity (Wildman–Crippen MR) is 82.5 cm³/mol. The molecule has 2 rings (SSSR count). The van der Waals surface area contributed by atoms with E-state index in [-0.39, 0.29) is 0 Å². The fourth-order valence-corrected chi connectivity index (χ4v) is 1.96. The molecule has 106 valence electrons. The van der Waals surface area contributed by atoms with Gasteiger partial charge >= 0.3 is 0 Å². The van der Waals surface area contributed by atoms with Crippen LogP contribution in [0.1, 0.15) is 16.7 Å². The summed E-state index contributed by atoms with van der Waals surface area (Å²) < 4.78 is 11.4. The molecule has 0 bridgehead atoms. The van der Waals surface area contributed by atoms with Gasteiger partial charge in [-0.3, -0.25) is 0 Å². The lowest BCUT2D eigenvalue weighted by molar-refractivity contribution is 0.216. The predicted octanol–water partition coefficient (Wildman–Crippen LogP) is 3.65. The van der Waals surface area contributed by atoms with Crippen LogP contribution in [0.25, 0.3) is 0 Å². The van der Waals surface area contributed by atoms with Crippen molar-refractivity contribution in [1.29, 1.82) is 0 Å². The van der Waals surface area contributed by atoms with E-state index >= 15 is 0 Å². The van der Waals surface area contributed by atoms with Crippen molar-refractivity contribution in [2.24, 2.45) is 0 Å². The van der Waals surface area contributed by atoms with Gasteiger partial charge < -0.3 is 15.2 Å². The third kappa shape index (κ3) is 3.67. The molecule has 0 fully saturated rings. The molecule has 0 radical (unpaired) electrons. The summed E-state index contributed by atoms with van der Waals surface area (Å²) >= 11 is 0. The SMILES string of the molecule is Cc1cc(C)c(OCCOc2ccc(N)cc2)cc1C. The molecule has 2 aromatic carbocycles. The van der Waals surface area contributed by atoms with Crippen LogP contribution in [0.15, 0.2) is 36.4 Å². The van der Waals surface area contributed by atoms with Gasteiger partial charge in [0, 0.05) is 5.69 Å². The van der Waals surface area contributed by atoms with Gasteiger partial charge in [0.2, 0.25) is 0 Å². The van der Waals surface area contributed by atoms with E-state index in [1.165, 1.54) is 11.1 Å². The Kier molecular flexibility index (Phi) is 4.51. The molecule has 0 atom stereocenters. The normalized spacial score (nSPS) is 10.3. The third-order valence-corrected chi connectivity index (χ3v) is 3.28. The first-order valence-electron chi connectivity index (χ1n) is 6.75. The van der Waals surface area contributed by atoms with Crippen LogP contribution in [0.2, 0.25) is 0 Å². The first-order chi connectivity index (χ1) is 9.56. The second kappa shape index (κ2) is 6.33. The van der Waals surface area contributed by atoms with Crippen molar-refractivity contribution >= 4 is 5.69 Å². The van der Waals surface area contributed by atoms with Crippen molar-refractivity contribution in [3.63, 3.8) is 0 Å².